The van der Waals surface area contributed by atoms with E-state index in [1.165, 1.54) is 84.5 Å². The first-order chi connectivity index (χ1) is 19.2. The van der Waals surface area contributed by atoms with Gasteiger partial charge in [-0.3, -0.25) is 0 Å². The van der Waals surface area contributed by atoms with Crippen molar-refractivity contribution in [1.29, 1.82) is 0 Å². The fourth-order valence-corrected chi connectivity index (χ4v) is 6.79. The molecule has 1 heteroatoms. The maximum atomic E-state index is 3.99. The van der Waals surface area contributed by atoms with Crippen LogP contribution in [0.15, 0.2) is 141 Å². The van der Waals surface area contributed by atoms with E-state index in [2.05, 4.69) is 117 Å². The van der Waals surface area contributed by atoms with Gasteiger partial charge in [0, 0.05) is 5.92 Å². The van der Waals surface area contributed by atoms with E-state index in [0.717, 1.165) is 0 Å². The largest absolute Gasteiger partial charge is 0.0985 e. The average Bonchev–Trinajstić information content (AvgIpc) is 3.51. The Bertz CT molecular complexity index is 1550. The minimum Gasteiger partial charge on any atom is -0.0985 e. The summed E-state index contributed by atoms with van der Waals surface area (Å²) in [4.78, 5) is 0. The van der Waals surface area contributed by atoms with Gasteiger partial charge in [-0.15, -0.1) is 0 Å². The monoisotopic (exact) mass is 579 g/mol. The standard InChI is InChI=1S/C15H14.C15H11.C8H8.Zr/c2*1-2-11-12-7-3-5-9-14(12)15-10-6-4-8-13(11)15;1-2-8-6-4-3-5-7-8;/h3-11H,2H2,1H3;2-7,9-11H,1H2;2-7H,1H2;. The van der Waals surface area contributed by atoms with Crippen LogP contribution in [0.5, 0.6) is 0 Å². The molecule has 0 saturated carbocycles. The van der Waals surface area contributed by atoms with Crippen molar-refractivity contribution in [1.82, 2.24) is 0 Å². The molecule has 7 rings (SSSR count). The Hall–Kier alpha value is -3.54. The summed E-state index contributed by atoms with van der Waals surface area (Å²) in [5.74, 6) is 0.999. The molecule has 0 amide bonds. The van der Waals surface area contributed by atoms with Crippen molar-refractivity contribution in [2.24, 2.45) is 0 Å². The van der Waals surface area contributed by atoms with Gasteiger partial charge in [0.15, 0.2) is 0 Å². The zero-order chi connectivity index (χ0) is 27.2. The number of rotatable bonds is 3. The molecule has 0 N–H and O–H groups in total. The Morgan fingerprint density at radius 3 is 1.59 bits per heavy atom. The molecule has 5 aromatic rings. The molecule has 2 aliphatic rings. The van der Waals surface area contributed by atoms with Gasteiger partial charge in [0.25, 0.3) is 0 Å². The smallest absolute Gasteiger partial charge is 0.00990 e. The Morgan fingerprint density at radius 1 is 0.590 bits per heavy atom. The van der Waals surface area contributed by atoms with Crippen LogP contribution in [0, 0.1) is 0 Å². The summed E-state index contributed by atoms with van der Waals surface area (Å²) in [6.45, 7) is 9.89. The van der Waals surface area contributed by atoms with Crippen molar-refractivity contribution < 1.29 is 24.7 Å². The molecule has 2 aliphatic carbocycles. The van der Waals surface area contributed by atoms with E-state index >= 15 is 0 Å². The second-order valence-corrected chi connectivity index (χ2v) is 11.1. The predicted octanol–water partition coefficient (Wildman–Crippen LogP) is 9.70. The molecule has 0 radical (unpaired) electrons. The molecule has 1 unspecified atom stereocenters. The Morgan fingerprint density at radius 2 is 1.08 bits per heavy atom. The van der Waals surface area contributed by atoms with E-state index in [-0.39, 0.29) is 0 Å². The second kappa shape index (κ2) is 12.5. The van der Waals surface area contributed by atoms with Crippen molar-refractivity contribution in [3.63, 3.8) is 0 Å². The average molecular weight is 581 g/mol. The van der Waals surface area contributed by atoms with Crippen molar-refractivity contribution in [2.45, 2.75) is 25.2 Å². The minimum absolute atomic E-state index is 0.390. The first-order valence-corrected chi connectivity index (χ1v) is 14.8. The van der Waals surface area contributed by atoms with Crippen LogP contribution in [0.3, 0.4) is 0 Å². The molecule has 1 atom stereocenters. The third kappa shape index (κ3) is 5.47. The van der Waals surface area contributed by atoms with Crippen LogP contribution >= 0.6 is 0 Å². The van der Waals surface area contributed by atoms with Gasteiger partial charge in [0.2, 0.25) is 0 Å². The number of allylic oxidation sites excluding steroid dienone is 1. The number of benzene rings is 5. The quantitative estimate of drug-likeness (QED) is 0.186. The summed E-state index contributed by atoms with van der Waals surface area (Å²) in [6, 6.07) is 42.9. The molecule has 189 valence electrons. The molecule has 0 spiro atoms. The minimum atomic E-state index is 0.390. The molecule has 39 heavy (non-hydrogen) atoms. The van der Waals surface area contributed by atoms with Crippen molar-refractivity contribution in [3.05, 3.63) is 168 Å². The summed E-state index contributed by atoms with van der Waals surface area (Å²) in [7, 11) is 0. The van der Waals surface area contributed by atoms with E-state index in [0.29, 0.717) is 11.8 Å². The van der Waals surface area contributed by atoms with Crippen molar-refractivity contribution in [3.8, 4) is 22.3 Å². The maximum absolute atomic E-state index is 3.99. The third-order valence-corrected chi connectivity index (χ3v) is 8.72. The summed E-state index contributed by atoms with van der Waals surface area (Å²) < 4.78 is 1.45. The number of hydrogen-bond donors (Lipinski definition) is 0. The Balaban J connectivity index is 0.000000125. The Kier molecular flexibility index (Phi) is 8.70. The second-order valence-electron chi connectivity index (χ2n) is 9.82. The van der Waals surface area contributed by atoms with Crippen LogP contribution in [0.1, 0.15) is 53.0 Å². The van der Waals surface area contributed by atoms with Crippen LogP contribution in [0.4, 0.5) is 0 Å². The predicted molar refractivity (Wildman–Crippen MR) is 164 cm³/mol. The molecule has 0 saturated heterocycles. The van der Waals surface area contributed by atoms with Gasteiger partial charge in [-0.25, -0.2) is 0 Å². The first kappa shape index (κ1) is 27.0. The zero-order valence-electron chi connectivity index (χ0n) is 22.5. The van der Waals surface area contributed by atoms with Crippen LogP contribution < -0.4 is 3.27 Å². The Labute approximate surface area is 248 Å². The van der Waals surface area contributed by atoms with Crippen molar-refractivity contribution in [2.75, 3.05) is 0 Å². The molecule has 5 aromatic carbocycles. The van der Waals surface area contributed by atoms with Gasteiger partial charge in [-0.2, -0.15) is 0 Å². The number of hydrogen-bond acceptors (Lipinski definition) is 0. The molecule has 0 aliphatic heterocycles. The van der Waals surface area contributed by atoms with Crippen LogP contribution in [-0.4, -0.2) is 0 Å². The normalized spacial score (nSPS) is 13.8. The van der Waals surface area contributed by atoms with E-state index in [1.54, 1.807) is 0 Å². The third-order valence-electron chi connectivity index (χ3n) is 7.64. The molecule has 0 bridgehead atoms. The van der Waals surface area contributed by atoms with Crippen molar-refractivity contribution >= 4 is 9.35 Å². The zero-order valence-corrected chi connectivity index (χ0v) is 24.9. The van der Waals surface area contributed by atoms with Gasteiger partial charge < -0.3 is 0 Å². The first-order valence-electron chi connectivity index (χ1n) is 13.6. The van der Waals surface area contributed by atoms with Crippen LogP contribution in [0.25, 0.3) is 28.3 Å². The summed E-state index contributed by atoms with van der Waals surface area (Å²) in [6.07, 6.45) is 5.09. The molecule has 0 fully saturated rings. The van der Waals surface area contributed by atoms with Crippen LogP contribution in [-0.2, 0) is 24.7 Å². The molecule has 0 aromatic heterocycles. The van der Waals surface area contributed by atoms with E-state index in [4.69, 9.17) is 0 Å². The van der Waals surface area contributed by atoms with E-state index in [1.807, 2.05) is 36.4 Å². The van der Waals surface area contributed by atoms with E-state index in [9.17, 15) is 0 Å². The maximum Gasteiger partial charge on any atom is 0.00990 e. The molecular weight excluding hydrogens is 548 g/mol. The molecule has 0 nitrogen and oxygen atoms in total. The summed E-state index contributed by atoms with van der Waals surface area (Å²) in [5.41, 5.74) is 12.7. The van der Waals surface area contributed by atoms with E-state index < -0.39 is 0 Å². The fraction of sp³-hybridized carbons (Fsp3) is 0.105. The van der Waals surface area contributed by atoms with Gasteiger partial charge in [-0.05, 0) is 34.2 Å². The van der Waals surface area contributed by atoms with Gasteiger partial charge in [0.05, 0.1) is 0 Å². The molecular formula is C38H33Zr. The number of fused-ring (bicyclic) bond motifs is 6. The molecule has 0 heterocycles. The summed E-state index contributed by atoms with van der Waals surface area (Å²) in [5, 5.41) is 0. The van der Waals surface area contributed by atoms with Gasteiger partial charge >= 0.3 is 111 Å². The SMILES string of the molecule is C=CC1c2ccccc2-c2ccc[c]([Zr])c21.C=Cc1ccccc1.CCC1c2ccccc2-c2ccccc21. The van der Waals surface area contributed by atoms with Gasteiger partial charge in [-0.1, -0.05) is 98.4 Å². The topological polar surface area (TPSA) is 0 Å². The van der Waals surface area contributed by atoms with Crippen LogP contribution in [0.2, 0.25) is 0 Å². The van der Waals surface area contributed by atoms with Gasteiger partial charge in [0.1, 0.15) is 0 Å². The summed E-state index contributed by atoms with van der Waals surface area (Å²) >= 11 is 1.48. The fourth-order valence-electron chi connectivity index (χ4n) is 5.84.